The molecule has 0 saturated heterocycles. The van der Waals surface area contributed by atoms with Crippen LogP contribution < -0.4 is 0 Å². The second-order valence-corrected chi connectivity index (χ2v) is 3.33. The van der Waals surface area contributed by atoms with E-state index in [2.05, 4.69) is 13.5 Å². The number of ether oxygens (including phenoxy) is 1. The molecule has 0 unspecified atom stereocenters. The molecule has 4 nitrogen and oxygen atoms in total. The van der Waals surface area contributed by atoms with Crippen LogP contribution in [0.4, 0.5) is 0 Å². The smallest absolute Gasteiger partial charge is 0.344 e. The summed E-state index contributed by atoms with van der Waals surface area (Å²) >= 11 is 0. The molecule has 0 bridgehead atoms. The quantitative estimate of drug-likeness (QED) is 0.221. The average Bonchev–Trinajstić information content (AvgIpc) is 2.21. The van der Waals surface area contributed by atoms with Crippen molar-refractivity contribution in [2.75, 3.05) is 6.61 Å². The number of aliphatic carboxylic acids is 1. The maximum absolute atomic E-state index is 11.0. The molecule has 0 aromatic heterocycles. The maximum Gasteiger partial charge on any atom is 0.344 e. The molecule has 0 heterocycles. The van der Waals surface area contributed by atoms with Crippen molar-refractivity contribution in [1.82, 2.24) is 0 Å². The highest BCUT2D eigenvalue weighted by Crippen LogP contribution is 2.03. The summed E-state index contributed by atoms with van der Waals surface area (Å²) in [5, 5.41) is 8.42. The Morgan fingerprint density at radius 2 is 1.80 bits per heavy atom. The molecule has 0 aromatic rings. The van der Waals surface area contributed by atoms with Gasteiger partial charge in [0.05, 0.1) is 6.61 Å². The molecule has 0 aromatic carbocycles. The maximum atomic E-state index is 11.0. The summed E-state index contributed by atoms with van der Waals surface area (Å²) in [6.07, 6.45) is 5.23. The Balaban J connectivity index is 3.47. The van der Waals surface area contributed by atoms with E-state index in [0.29, 0.717) is 0 Å². The zero-order valence-electron chi connectivity index (χ0n) is 9.12. The Kier molecular flexibility index (Phi) is 7.32. The van der Waals surface area contributed by atoms with Crippen molar-refractivity contribution in [3.63, 3.8) is 0 Å². The highest BCUT2D eigenvalue weighted by Gasteiger charge is 2.15. The van der Waals surface area contributed by atoms with Gasteiger partial charge in [-0.15, -0.1) is 0 Å². The van der Waals surface area contributed by atoms with Crippen LogP contribution in [0.3, 0.4) is 0 Å². The first-order valence-corrected chi connectivity index (χ1v) is 5.19. The first-order valence-electron chi connectivity index (χ1n) is 5.19. The zero-order chi connectivity index (χ0) is 11.7. The van der Waals surface area contributed by atoms with Crippen LogP contribution in [0, 0.1) is 0 Å². The van der Waals surface area contributed by atoms with E-state index in [4.69, 9.17) is 9.84 Å². The van der Waals surface area contributed by atoms with E-state index in [1.165, 1.54) is 6.42 Å². The van der Waals surface area contributed by atoms with E-state index in [1.807, 2.05) is 0 Å². The third-order valence-corrected chi connectivity index (χ3v) is 1.99. The molecule has 0 amide bonds. The molecular formula is C11H18O4. The lowest BCUT2D eigenvalue weighted by atomic mass is 10.2. The number of carboxylic acid groups (broad SMARTS) is 1. The molecule has 0 aliphatic carbocycles. The van der Waals surface area contributed by atoms with E-state index in [-0.39, 0.29) is 6.61 Å². The second kappa shape index (κ2) is 8.03. The van der Waals surface area contributed by atoms with Crippen molar-refractivity contribution in [2.24, 2.45) is 0 Å². The number of rotatable bonds is 8. The molecule has 0 radical (unpaired) electrons. The zero-order valence-corrected chi connectivity index (χ0v) is 9.12. The van der Waals surface area contributed by atoms with Crippen LogP contribution >= 0.6 is 0 Å². The number of unbranched alkanes of at least 4 members (excludes halogenated alkanes) is 4. The number of carboxylic acids is 1. The van der Waals surface area contributed by atoms with Gasteiger partial charge in [-0.1, -0.05) is 39.2 Å². The highest BCUT2D eigenvalue weighted by molar-refractivity contribution is 6.12. The van der Waals surface area contributed by atoms with Crippen molar-refractivity contribution in [3.05, 3.63) is 12.2 Å². The molecule has 0 rings (SSSR count). The molecule has 15 heavy (non-hydrogen) atoms. The lowest BCUT2D eigenvalue weighted by Gasteiger charge is -2.03. The Hall–Kier alpha value is -1.32. The first-order chi connectivity index (χ1) is 7.09. The van der Waals surface area contributed by atoms with Crippen molar-refractivity contribution in [3.8, 4) is 0 Å². The predicted molar refractivity (Wildman–Crippen MR) is 56.5 cm³/mol. The third-order valence-electron chi connectivity index (χ3n) is 1.99. The van der Waals surface area contributed by atoms with Crippen molar-refractivity contribution in [2.45, 2.75) is 39.0 Å². The third kappa shape index (κ3) is 6.71. The normalized spacial score (nSPS) is 9.67. The van der Waals surface area contributed by atoms with Gasteiger partial charge in [0.2, 0.25) is 0 Å². The summed E-state index contributed by atoms with van der Waals surface area (Å²) in [4.78, 5) is 21.3. The topological polar surface area (TPSA) is 63.6 Å². The van der Waals surface area contributed by atoms with Crippen LogP contribution in [-0.4, -0.2) is 23.7 Å². The summed E-state index contributed by atoms with van der Waals surface area (Å²) in [6.45, 7) is 5.50. The Morgan fingerprint density at radius 1 is 1.20 bits per heavy atom. The van der Waals surface area contributed by atoms with Gasteiger partial charge in [-0.3, -0.25) is 0 Å². The van der Waals surface area contributed by atoms with Crippen molar-refractivity contribution >= 4 is 11.9 Å². The SMILES string of the molecule is C=C(C(=O)O)C(=O)OCCCCCCC. The monoisotopic (exact) mass is 214 g/mol. The Bertz CT molecular complexity index is 233. The van der Waals surface area contributed by atoms with Crippen LogP contribution in [0.1, 0.15) is 39.0 Å². The molecule has 0 aliphatic rings. The molecule has 0 aliphatic heterocycles. The van der Waals surface area contributed by atoms with E-state index in [9.17, 15) is 9.59 Å². The fourth-order valence-electron chi connectivity index (χ4n) is 1.04. The number of esters is 1. The molecule has 86 valence electrons. The van der Waals surface area contributed by atoms with Crippen molar-refractivity contribution < 1.29 is 19.4 Å². The predicted octanol–water partition coefficient (Wildman–Crippen LogP) is 2.14. The van der Waals surface area contributed by atoms with Gasteiger partial charge in [0, 0.05) is 0 Å². The number of hydrogen-bond donors (Lipinski definition) is 1. The average molecular weight is 214 g/mol. The summed E-state index contributed by atoms with van der Waals surface area (Å²) < 4.78 is 4.73. The van der Waals surface area contributed by atoms with Crippen LogP contribution in [0.25, 0.3) is 0 Å². The van der Waals surface area contributed by atoms with E-state index < -0.39 is 17.5 Å². The fourth-order valence-corrected chi connectivity index (χ4v) is 1.04. The number of carbonyl (C=O) groups is 2. The van der Waals surface area contributed by atoms with Crippen LogP contribution in [0.15, 0.2) is 12.2 Å². The summed E-state index contributed by atoms with van der Waals surface area (Å²) in [5.41, 5.74) is -0.511. The minimum absolute atomic E-state index is 0.273. The molecule has 1 N–H and O–H groups in total. The minimum Gasteiger partial charge on any atom is -0.477 e. The molecule has 4 heteroatoms. The highest BCUT2D eigenvalue weighted by atomic mass is 16.5. The molecule has 0 atom stereocenters. The van der Waals surface area contributed by atoms with Crippen molar-refractivity contribution in [1.29, 1.82) is 0 Å². The number of carbonyl (C=O) groups excluding carboxylic acids is 1. The van der Waals surface area contributed by atoms with Gasteiger partial charge in [0.1, 0.15) is 5.57 Å². The van der Waals surface area contributed by atoms with Crippen LogP contribution in [0.2, 0.25) is 0 Å². The lowest BCUT2D eigenvalue weighted by Crippen LogP contribution is -2.14. The first kappa shape index (κ1) is 13.7. The van der Waals surface area contributed by atoms with Gasteiger partial charge in [-0.05, 0) is 6.42 Å². The van der Waals surface area contributed by atoms with E-state index in [0.717, 1.165) is 25.7 Å². The van der Waals surface area contributed by atoms with Crippen LogP contribution in [0.5, 0.6) is 0 Å². The molecule has 0 saturated carbocycles. The molecular weight excluding hydrogens is 196 g/mol. The van der Waals surface area contributed by atoms with Gasteiger partial charge >= 0.3 is 11.9 Å². The minimum atomic E-state index is -1.33. The number of hydrogen-bond acceptors (Lipinski definition) is 3. The molecule has 0 spiro atoms. The Morgan fingerprint density at radius 3 is 2.33 bits per heavy atom. The van der Waals surface area contributed by atoms with Gasteiger partial charge in [0.25, 0.3) is 0 Å². The summed E-state index contributed by atoms with van der Waals surface area (Å²) in [6, 6.07) is 0. The van der Waals surface area contributed by atoms with Crippen LogP contribution in [-0.2, 0) is 14.3 Å². The van der Waals surface area contributed by atoms with E-state index in [1.54, 1.807) is 0 Å². The Labute approximate surface area is 89.9 Å². The van der Waals surface area contributed by atoms with Gasteiger partial charge < -0.3 is 9.84 Å². The van der Waals surface area contributed by atoms with Gasteiger partial charge in [-0.2, -0.15) is 0 Å². The van der Waals surface area contributed by atoms with E-state index >= 15 is 0 Å². The lowest BCUT2D eigenvalue weighted by molar-refractivity contribution is -0.144. The molecule has 0 fully saturated rings. The summed E-state index contributed by atoms with van der Waals surface area (Å²) in [5.74, 6) is -2.16. The fraction of sp³-hybridized carbons (Fsp3) is 0.636. The largest absolute Gasteiger partial charge is 0.477 e. The van der Waals surface area contributed by atoms with Gasteiger partial charge in [0.15, 0.2) is 0 Å². The summed E-state index contributed by atoms with van der Waals surface area (Å²) in [7, 11) is 0. The second-order valence-electron chi connectivity index (χ2n) is 3.33. The van der Waals surface area contributed by atoms with Gasteiger partial charge in [-0.25, -0.2) is 9.59 Å². The standard InChI is InChI=1S/C11H18O4/c1-3-4-5-6-7-8-15-11(14)9(2)10(12)13/h2-8H2,1H3,(H,12,13).